The highest BCUT2D eigenvalue weighted by molar-refractivity contribution is 5.88. The van der Waals surface area contributed by atoms with Gasteiger partial charge in [-0.15, -0.1) is 0 Å². The summed E-state index contributed by atoms with van der Waals surface area (Å²) in [7, 11) is 1.85. The molecule has 0 aliphatic carbocycles. The van der Waals surface area contributed by atoms with Crippen LogP contribution in [0.4, 0.5) is 0 Å². The molecule has 0 bridgehead atoms. The lowest BCUT2D eigenvalue weighted by atomic mass is 10.1. The molecule has 0 radical (unpaired) electrons. The Morgan fingerprint density at radius 1 is 1.36 bits per heavy atom. The van der Waals surface area contributed by atoms with Crippen LogP contribution in [0.1, 0.15) is 23.2 Å². The third-order valence-corrected chi connectivity index (χ3v) is 4.86. The zero-order valence-electron chi connectivity index (χ0n) is 16.4. The summed E-state index contributed by atoms with van der Waals surface area (Å²) in [5, 5.41) is 10.0. The summed E-state index contributed by atoms with van der Waals surface area (Å²) in [6.45, 7) is 4.29. The average molecular weight is 381 g/mol. The topological polar surface area (TPSA) is 79.3 Å². The van der Waals surface area contributed by atoms with Gasteiger partial charge in [0.15, 0.2) is 0 Å². The molecule has 1 atom stereocenters. The molecule has 28 heavy (non-hydrogen) atoms. The van der Waals surface area contributed by atoms with Gasteiger partial charge >= 0.3 is 0 Å². The second-order valence-corrected chi connectivity index (χ2v) is 7.01. The first-order chi connectivity index (χ1) is 13.5. The Bertz CT molecular complexity index is 844. The van der Waals surface area contributed by atoms with Crippen molar-refractivity contribution < 1.29 is 9.59 Å². The highest BCUT2D eigenvalue weighted by Gasteiger charge is 2.30. The predicted molar refractivity (Wildman–Crippen MR) is 108 cm³/mol. The number of aromatic nitrogens is 2. The molecule has 7 heteroatoms. The molecule has 0 spiro atoms. The van der Waals surface area contributed by atoms with E-state index in [1.165, 1.54) is 0 Å². The van der Waals surface area contributed by atoms with E-state index in [4.69, 9.17) is 0 Å². The zero-order chi connectivity index (χ0) is 19.9. The van der Waals surface area contributed by atoms with Gasteiger partial charge < -0.3 is 10.6 Å². The van der Waals surface area contributed by atoms with Crippen molar-refractivity contribution in [3.8, 4) is 0 Å². The predicted octanol–water partition coefficient (Wildman–Crippen LogP) is 1.25. The van der Waals surface area contributed by atoms with Crippen molar-refractivity contribution in [3.63, 3.8) is 0 Å². The number of nitrogens with zero attached hydrogens (tertiary/aromatic N) is 3. The summed E-state index contributed by atoms with van der Waals surface area (Å²) in [4.78, 5) is 26.8. The summed E-state index contributed by atoms with van der Waals surface area (Å²) in [5.74, 6) is -0.227. The van der Waals surface area contributed by atoms with Crippen LogP contribution >= 0.6 is 0 Å². The second-order valence-electron chi connectivity index (χ2n) is 7.01. The van der Waals surface area contributed by atoms with E-state index in [9.17, 15) is 9.59 Å². The number of carbonyl (C=O) groups excluding carboxylic acids is 2. The molecule has 0 saturated carbocycles. The Labute approximate surface area is 165 Å². The monoisotopic (exact) mass is 381 g/mol. The van der Waals surface area contributed by atoms with Gasteiger partial charge in [0, 0.05) is 45.0 Å². The van der Waals surface area contributed by atoms with E-state index in [1.54, 1.807) is 4.68 Å². The first-order valence-electron chi connectivity index (χ1n) is 9.52. The molecular weight excluding hydrogens is 354 g/mol. The van der Waals surface area contributed by atoms with Crippen molar-refractivity contribution in [2.45, 2.75) is 25.9 Å². The number of nitrogens with one attached hydrogen (secondary N) is 2. The van der Waals surface area contributed by atoms with E-state index in [1.807, 2.05) is 67.6 Å². The number of aryl methyl sites for hydroxylation is 2. The minimum Gasteiger partial charge on any atom is -0.353 e. The maximum atomic E-state index is 12.4. The lowest BCUT2D eigenvalue weighted by Crippen LogP contribution is -2.56. The van der Waals surface area contributed by atoms with Crippen molar-refractivity contribution in [2.75, 3.05) is 19.6 Å². The van der Waals surface area contributed by atoms with Crippen LogP contribution in [-0.2, 0) is 23.2 Å². The van der Waals surface area contributed by atoms with E-state index in [0.29, 0.717) is 19.6 Å². The number of piperazine rings is 1. The normalized spacial score (nSPS) is 17.6. The smallest absolute Gasteiger partial charge is 0.237 e. The first-order valence-corrected chi connectivity index (χ1v) is 9.52. The van der Waals surface area contributed by atoms with Crippen LogP contribution in [0.15, 0.2) is 42.6 Å². The minimum atomic E-state index is -0.454. The lowest BCUT2D eigenvalue weighted by molar-refractivity contribution is -0.133. The molecule has 1 unspecified atom stereocenters. The lowest BCUT2D eigenvalue weighted by Gasteiger charge is -2.33. The van der Waals surface area contributed by atoms with E-state index < -0.39 is 6.04 Å². The van der Waals surface area contributed by atoms with Crippen molar-refractivity contribution in [2.24, 2.45) is 7.05 Å². The van der Waals surface area contributed by atoms with Gasteiger partial charge in [-0.3, -0.25) is 19.2 Å². The number of amides is 2. The molecule has 148 valence electrons. The van der Waals surface area contributed by atoms with Gasteiger partial charge in [0.05, 0.1) is 18.2 Å². The molecule has 1 saturated heterocycles. The SMILES string of the molecule is Cc1nn(C)cc1CNC(=O)CC1C(=O)NCCN1CC=Cc1ccccc1. The van der Waals surface area contributed by atoms with E-state index in [2.05, 4.69) is 15.7 Å². The third-order valence-electron chi connectivity index (χ3n) is 4.86. The minimum absolute atomic E-state index is 0.0907. The fourth-order valence-corrected chi connectivity index (χ4v) is 3.35. The molecule has 3 rings (SSSR count). The van der Waals surface area contributed by atoms with Gasteiger partial charge in [-0.05, 0) is 12.5 Å². The van der Waals surface area contributed by atoms with E-state index in [-0.39, 0.29) is 18.2 Å². The van der Waals surface area contributed by atoms with Gasteiger partial charge in [-0.2, -0.15) is 5.10 Å². The summed E-state index contributed by atoms with van der Waals surface area (Å²) in [6, 6.07) is 9.57. The third kappa shape index (κ3) is 5.29. The Balaban J connectivity index is 1.55. The van der Waals surface area contributed by atoms with Gasteiger partial charge in [0.2, 0.25) is 11.8 Å². The largest absolute Gasteiger partial charge is 0.353 e. The zero-order valence-corrected chi connectivity index (χ0v) is 16.4. The maximum absolute atomic E-state index is 12.4. The number of carbonyl (C=O) groups is 2. The van der Waals surface area contributed by atoms with Crippen LogP contribution in [0.3, 0.4) is 0 Å². The number of hydrogen-bond donors (Lipinski definition) is 2. The molecule has 1 aliphatic rings. The molecule has 2 heterocycles. The Morgan fingerprint density at radius 3 is 2.86 bits per heavy atom. The Hall–Kier alpha value is -2.93. The second kappa shape index (κ2) is 9.32. The van der Waals surface area contributed by atoms with Crippen molar-refractivity contribution in [3.05, 3.63) is 59.4 Å². The molecule has 1 aromatic carbocycles. The molecule has 7 nitrogen and oxygen atoms in total. The van der Waals surface area contributed by atoms with Crippen molar-refractivity contribution in [1.29, 1.82) is 0 Å². The summed E-state index contributed by atoms with van der Waals surface area (Å²) in [6.07, 6.45) is 6.11. The van der Waals surface area contributed by atoms with E-state index >= 15 is 0 Å². The van der Waals surface area contributed by atoms with Gasteiger partial charge in [-0.1, -0.05) is 42.5 Å². The van der Waals surface area contributed by atoms with Crippen molar-refractivity contribution in [1.82, 2.24) is 25.3 Å². The molecule has 2 aromatic rings. The Morgan fingerprint density at radius 2 is 2.14 bits per heavy atom. The number of hydrogen-bond acceptors (Lipinski definition) is 4. The summed E-state index contributed by atoms with van der Waals surface area (Å²) in [5.41, 5.74) is 2.99. The molecule has 2 N–H and O–H groups in total. The molecular formula is C21H27N5O2. The van der Waals surface area contributed by atoms with Gasteiger partial charge in [-0.25, -0.2) is 0 Å². The van der Waals surface area contributed by atoms with E-state index in [0.717, 1.165) is 23.4 Å². The summed E-state index contributed by atoms with van der Waals surface area (Å²) < 4.78 is 1.73. The van der Waals surface area contributed by atoms with Gasteiger partial charge in [0.25, 0.3) is 0 Å². The average Bonchev–Trinajstić information content (AvgIpc) is 3.00. The quantitative estimate of drug-likeness (QED) is 0.757. The highest BCUT2D eigenvalue weighted by atomic mass is 16.2. The highest BCUT2D eigenvalue weighted by Crippen LogP contribution is 2.11. The van der Waals surface area contributed by atoms with Crippen LogP contribution in [-0.4, -0.2) is 52.2 Å². The van der Waals surface area contributed by atoms with Crippen LogP contribution in [0.5, 0.6) is 0 Å². The van der Waals surface area contributed by atoms with Crippen LogP contribution in [0.2, 0.25) is 0 Å². The fraction of sp³-hybridized carbons (Fsp3) is 0.381. The fourth-order valence-electron chi connectivity index (χ4n) is 3.35. The molecule has 2 amide bonds. The summed E-state index contributed by atoms with van der Waals surface area (Å²) >= 11 is 0. The van der Waals surface area contributed by atoms with Crippen molar-refractivity contribution >= 4 is 17.9 Å². The molecule has 1 fully saturated rings. The number of benzene rings is 1. The van der Waals surface area contributed by atoms with Crippen LogP contribution in [0.25, 0.3) is 6.08 Å². The Kier molecular flexibility index (Phi) is 6.60. The standard InChI is InChI=1S/C21H27N5O2/c1-16-18(15-25(2)24-16)14-23-20(27)13-19-21(28)22-10-12-26(19)11-6-9-17-7-4-3-5-8-17/h3-9,15,19H,10-14H2,1-2H3,(H,22,28)(H,23,27). The van der Waals surface area contributed by atoms with Crippen LogP contribution < -0.4 is 10.6 Å². The first kappa shape index (κ1) is 19.8. The molecule has 1 aliphatic heterocycles. The maximum Gasteiger partial charge on any atom is 0.237 e. The molecule has 1 aromatic heterocycles. The van der Waals surface area contributed by atoms with Crippen LogP contribution in [0, 0.1) is 6.92 Å². The number of rotatable bonds is 7. The van der Waals surface area contributed by atoms with Gasteiger partial charge in [0.1, 0.15) is 0 Å².